The molecular formula is C28H24FN3O3S. The number of amides is 2. The third kappa shape index (κ3) is 5.26. The largest absolute Gasteiger partial charge is 0.495 e. The first-order chi connectivity index (χ1) is 17.4. The number of thioether (sulfide) groups is 1. The Morgan fingerprint density at radius 1 is 1.08 bits per heavy atom. The Balaban J connectivity index is 1.73. The normalized spacial score (nSPS) is 16.4. The summed E-state index contributed by atoms with van der Waals surface area (Å²) in [6, 6.07) is 22.3. The maximum absolute atomic E-state index is 13.6. The zero-order chi connectivity index (χ0) is 25.7. The molecule has 4 rings (SSSR count). The van der Waals surface area contributed by atoms with Crippen LogP contribution in [0.4, 0.5) is 15.8 Å². The van der Waals surface area contributed by atoms with Gasteiger partial charge in [0.05, 0.1) is 18.0 Å². The fourth-order valence-electron chi connectivity index (χ4n) is 3.87. The highest BCUT2D eigenvalue weighted by molar-refractivity contribution is 8.05. The second kappa shape index (κ2) is 11.1. The minimum Gasteiger partial charge on any atom is -0.495 e. The molecule has 1 fully saturated rings. The minimum absolute atomic E-state index is 0.180. The van der Waals surface area contributed by atoms with Crippen molar-refractivity contribution in [1.82, 2.24) is 0 Å². The summed E-state index contributed by atoms with van der Waals surface area (Å²) in [5.41, 5.74) is 2.68. The van der Waals surface area contributed by atoms with E-state index in [0.29, 0.717) is 23.5 Å². The molecule has 182 valence electrons. The predicted octanol–water partition coefficient (Wildman–Crippen LogP) is 5.46. The molecule has 3 aromatic rings. The van der Waals surface area contributed by atoms with Gasteiger partial charge in [-0.15, -0.1) is 0 Å². The number of hydrogen-bond donors (Lipinski definition) is 1. The van der Waals surface area contributed by atoms with Crippen LogP contribution in [0.2, 0.25) is 0 Å². The number of halogens is 1. The summed E-state index contributed by atoms with van der Waals surface area (Å²) in [6.07, 6.45) is 1.16. The number of hydrogen-bond acceptors (Lipinski definition) is 5. The maximum Gasteiger partial charge on any atom is 0.269 e. The lowest BCUT2D eigenvalue weighted by Crippen LogP contribution is -2.31. The van der Waals surface area contributed by atoms with Gasteiger partial charge in [0.15, 0.2) is 0 Å². The highest BCUT2D eigenvalue weighted by atomic mass is 32.2. The molecule has 0 aromatic heterocycles. The van der Waals surface area contributed by atoms with Crippen molar-refractivity contribution >= 4 is 35.0 Å². The SMILES string of the molecule is CCc1ccc(N2C(=O)C(Cc3ccc(F)cc3)S/C2=C(/C#N)C(=O)Nc2ccccc2OC)cc1. The fraction of sp³-hybridized carbons (Fsp3) is 0.179. The molecule has 36 heavy (non-hydrogen) atoms. The molecule has 0 saturated carbocycles. The van der Waals surface area contributed by atoms with Crippen LogP contribution in [0, 0.1) is 17.1 Å². The number of carbonyl (C=O) groups is 2. The Morgan fingerprint density at radius 2 is 1.75 bits per heavy atom. The number of carbonyl (C=O) groups excluding carboxylic acids is 2. The summed E-state index contributed by atoms with van der Waals surface area (Å²) in [6.45, 7) is 2.03. The number of nitrogens with one attached hydrogen (secondary N) is 1. The third-order valence-corrected chi connectivity index (χ3v) is 7.06. The molecule has 1 aliphatic rings. The van der Waals surface area contributed by atoms with Crippen LogP contribution < -0.4 is 15.0 Å². The van der Waals surface area contributed by atoms with Gasteiger partial charge in [-0.3, -0.25) is 14.5 Å². The number of anilines is 2. The Hall–Kier alpha value is -4.09. The molecule has 6 nitrogen and oxygen atoms in total. The molecule has 1 heterocycles. The second-order valence-corrected chi connectivity index (χ2v) is 9.27. The lowest BCUT2D eigenvalue weighted by Gasteiger charge is -2.19. The topological polar surface area (TPSA) is 82.4 Å². The van der Waals surface area contributed by atoms with Gasteiger partial charge in [-0.05, 0) is 60.4 Å². The van der Waals surface area contributed by atoms with Gasteiger partial charge in [-0.2, -0.15) is 5.26 Å². The quantitative estimate of drug-likeness (QED) is 0.343. The standard InChI is InChI=1S/C28H24FN3O3S/c1-3-18-10-14-21(15-11-18)32-27(34)25(16-19-8-12-20(29)13-9-19)36-28(32)22(17-30)26(33)31-23-6-4-5-7-24(23)35-2/h4-15,25H,3,16H2,1-2H3,(H,31,33)/b28-22-. The highest BCUT2D eigenvalue weighted by Crippen LogP contribution is 2.42. The van der Waals surface area contributed by atoms with E-state index in [4.69, 9.17) is 4.74 Å². The molecule has 1 aliphatic heterocycles. The van der Waals surface area contributed by atoms with E-state index in [1.807, 2.05) is 37.3 Å². The number of rotatable bonds is 7. The average Bonchev–Trinajstić information content (AvgIpc) is 3.21. The minimum atomic E-state index is -0.644. The van der Waals surface area contributed by atoms with Crippen molar-refractivity contribution in [2.24, 2.45) is 0 Å². The van der Waals surface area contributed by atoms with Gasteiger partial charge < -0.3 is 10.1 Å². The van der Waals surface area contributed by atoms with Gasteiger partial charge in [-0.1, -0.05) is 55.1 Å². The van der Waals surface area contributed by atoms with Gasteiger partial charge in [-0.25, -0.2) is 4.39 Å². The van der Waals surface area contributed by atoms with Crippen LogP contribution >= 0.6 is 11.8 Å². The number of ether oxygens (including phenoxy) is 1. The van der Waals surface area contributed by atoms with Crippen molar-refractivity contribution in [3.8, 4) is 11.8 Å². The van der Waals surface area contributed by atoms with E-state index in [-0.39, 0.29) is 22.3 Å². The Bertz CT molecular complexity index is 1350. The summed E-state index contributed by atoms with van der Waals surface area (Å²) < 4.78 is 18.7. The molecule has 1 N–H and O–H groups in total. The Morgan fingerprint density at radius 3 is 2.39 bits per heavy atom. The van der Waals surface area contributed by atoms with Crippen LogP contribution in [-0.4, -0.2) is 24.2 Å². The van der Waals surface area contributed by atoms with Crippen molar-refractivity contribution in [2.75, 3.05) is 17.3 Å². The summed E-state index contributed by atoms with van der Waals surface area (Å²) in [4.78, 5) is 28.3. The summed E-state index contributed by atoms with van der Waals surface area (Å²) in [5, 5.41) is 12.4. The summed E-state index contributed by atoms with van der Waals surface area (Å²) in [7, 11) is 1.49. The van der Waals surface area contributed by atoms with Crippen molar-refractivity contribution in [3.05, 3.63) is 100 Å². The molecule has 1 unspecified atom stereocenters. The van der Waals surface area contributed by atoms with Crippen molar-refractivity contribution < 1.29 is 18.7 Å². The van der Waals surface area contributed by atoms with E-state index in [1.165, 1.54) is 24.1 Å². The van der Waals surface area contributed by atoms with Crippen LogP contribution in [0.25, 0.3) is 0 Å². The first kappa shape index (κ1) is 25.0. The van der Waals surface area contributed by atoms with Crippen LogP contribution in [-0.2, 0) is 22.4 Å². The van der Waals surface area contributed by atoms with E-state index >= 15 is 0 Å². The van der Waals surface area contributed by atoms with E-state index in [2.05, 4.69) is 5.32 Å². The predicted molar refractivity (Wildman–Crippen MR) is 139 cm³/mol. The molecule has 1 saturated heterocycles. The molecule has 0 aliphatic carbocycles. The number of aryl methyl sites for hydroxylation is 1. The number of nitriles is 1. The Kier molecular flexibility index (Phi) is 7.71. The number of nitrogens with zero attached hydrogens (tertiary/aromatic N) is 2. The molecule has 2 amide bonds. The van der Waals surface area contributed by atoms with Crippen molar-refractivity contribution in [3.63, 3.8) is 0 Å². The van der Waals surface area contributed by atoms with Crippen LogP contribution in [0.1, 0.15) is 18.1 Å². The van der Waals surface area contributed by atoms with Crippen molar-refractivity contribution in [1.29, 1.82) is 5.26 Å². The van der Waals surface area contributed by atoms with E-state index < -0.39 is 11.2 Å². The molecule has 1 atom stereocenters. The van der Waals surface area contributed by atoms with E-state index in [9.17, 15) is 19.2 Å². The number of methoxy groups -OCH3 is 1. The molecule has 3 aromatic carbocycles. The number of benzene rings is 3. The van der Waals surface area contributed by atoms with Gasteiger partial charge in [0.2, 0.25) is 5.91 Å². The van der Waals surface area contributed by atoms with Crippen LogP contribution in [0.15, 0.2) is 83.4 Å². The smallest absolute Gasteiger partial charge is 0.269 e. The lowest BCUT2D eigenvalue weighted by molar-refractivity contribution is -0.117. The molecule has 0 radical (unpaired) electrons. The molecule has 0 bridgehead atoms. The fourth-order valence-corrected chi connectivity index (χ4v) is 5.18. The van der Waals surface area contributed by atoms with Gasteiger partial charge >= 0.3 is 0 Å². The first-order valence-electron chi connectivity index (χ1n) is 11.4. The molecular weight excluding hydrogens is 477 g/mol. The van der Waals surface area contributed by atoms with Gasteiger partial charge in [0.25, 0.3) is 5.91 Å². The first-order valence-corrected chi connectivity index (χ1v) is 12.3. The lowest BCUT2D eigenvalue weighted by atomic mass is 10.1. The molecule has 0 spiro atoms. The summed E-state index contributed by atoms with van der Waals surface area (Å²) >= 11 is 1.16. The second-order valence-electron chi connectivity index (χ2n) is 8.08. The van der Waals surface area contributed by atoms with E-state index in [0.717, 1.165) is 29.3 Å². The average molecular weight is 502 g/mol. The van der Waals surface area contributed by atoms with Gasteiger partial charge in [0, 0.05) is 5.69 Å². The highest BCUT2D eigenvalue weighted by Gasteiger charge is 2.40. The monoisotopic (exact) mass is 501 g/mol. The van der Waals surface area contributed by atoms with Crippen molar-refractivity contribution in [2.45, 2.75) is 25.0 Å². The zero-order valence-corrected chi connectivity index (χ0v) is 20.6. The summed E-state index contributed by atoms with van der Waals surface area (Å²) in [5.74, 6) is -0.803. The third-order valence-electron chi connectivity index (χ3n) is 5.80. The number of para-hydroxylation sites is 2. The Labute approximate surface area is 213 Å². The zero-order valence-electron chi connectivity index (χ0n) is 19.8. The van der Waals surface area contributed by atoms with Gasteiger partial charge in [0.1, 0.15) is 28.2 Å². The van der Waals surface area contributed by atoms with E-state index in [1.54, 1.807) is 36.4 Å². The molecule has 8 heteroatoms. The van der Waals surface area contributed by atoms with Crippen LogP contribution in [0.5, 0.6) is 5.75 Å². The van der Waals surface area contributed by atoms with Crippen LogP contribution in [0.3, 0.4) is 0 Å². The maximum atomic E-state index is 13.6.